The van der Waals surface area contributed by atoms with Crippen LogP contribution in [-0.4, -0.2) is 46.2 Å². The van der Waals surface area contributed by atoms with E-state index in [2.05, 4.69) is 15.5 Å². The topological polar surface area (TPSA) is 69.0 Å². The lowest BCUT2D eigenvalue weighted by molar-refractivity contribution is -0.119. The third-order valence-corrected chi connectivity index (χ3v) is 4.17. The fourth-order valence-electron chi connectivity index (χ4n) is 2.17. The minimum Gasteiger partial charge on any atom is -0.383 e. The van der Waals surface area contributed by atoms with Gasteiger partial charge in [-0.15, -0.1) is 10.2 Å². The number of benzene rings is 1. The van der Waals surface area contributed by atoms with Crippen LogP contribution in [0.4, 0.5) is 0 Å². The molecule has 2 aromatic rings. The second-order valence-corrected chi connectivity index (χ2v) is 6.36. The van der Waals surface area contributed by atoms with Crippen LogP contribution >= 0.6 is 11.8 Å². The van der Waals surface area contributed by atoms with Crippen molar-refractivity contribution in [2.45, 2.75) is 32.0 Å². The summed E-state index contributed by atoms with van der Waals surface area (Å²) in [5.74, 6) is 1.04. The number of hydrogen-bond acceptors (Lipinski definition) is 5. The van der Waals surface area contributed by atoms with E-state index in [0.717, 1.165) is 11.5 Å². The largest absolute Gasteiger partial charge is 0.383 e. The maximum atomic E-state index is 12.0. The molecular weight excluding hydrogens is 312 g/mol. The molecule has 0 aliphatic heterocycles. The van der Waals surface area contributed by atoms with Gasteiger partial charge in [0.25, 0.3) is 0 Å². The van der Waals surface area contributed by atoms with Crippen LogP contribution in [0.2, 0.25) is 0 Å². The summed E-state index contributed by atoms with van der Waals surface area (Å²) < 4.78 is 6.96. The van der Waals surface area contributed by atoms with E-state index in [0.29, 0.717) is 11.8 Å². The SMILES string of the molecule is COC[C@@H](C)NC(=O)CSc1nnc(C)n1-c1ccc(C)cc1. The predicted octanol–water partition coefficient (Wildman–Crippen LogP) is 2.13. The summed E-state index contributed by atoms with van der Waals surface area (Å²) in [5.41, 5.74) is 2.19. The Hall–Kier alpha value is -1.86. The second-order valence-electron chi connectivity index (χ2n) is 5.41. The van der Waals surface area contributed by atoms with Crippen molar-refractivity contribution in [2.24, 2.45) is 0 Å². The Morgan fingerprint density at radius 2 is 2.00 bits per heavy atom. The van der Waals surface area contributed by atoms with Gasteiger partial charge >= 0.3 is 0 Å². The Morgan fingerprint density at radius 3 is 2.65 bits per heavy atom. The van der Waals surface area contributed by atoms with Crippen molar-refractivity contribution in [3.63, 3.8) is 0 Å². The molecule has 0 spiro atoms. The molecule has 0 radical (unpaired) electrons. The first-order valence-electron chi connectivity index (χ1n) is 7.41. The summed E-state index contributed by atoms with van der Waals surface area (Å²) in [6.07, 6.45) is 0. The van der Waals surface area contributed by atoms with Gasteiger partial charge in [0.15, 0.2) is 5.16 Å². The Morgan fingerprint density at radius 1 is 1.30 bits per heavy atom. The van der Waals surface area contributed by atoms with Crippen molar-refractivity contribution in [3.05, 3.63) is 35.7 Å². The number of ether oxygens (including phenoxy) is 1. The van der Waals surface area contributed by atoms with Crippen LogP contribution in [0.3, 0.4) is 0 Å². The van der Waals surface area contributed by atoms with Crippen molar-refractivity contribution in [2.75, 3.05) is 19.5 Å². The van der Waals surface area contributed by atoms with E-state index < -0.39 is 0 Å². The van der Waals surface area contributed by atoms with E-state index >= 15 is 0 Å². The van der Waals surface area contributed by atoms with Crippen LogP contribution < -0.4 is 5.32 Å². The van der Waals surface area contributed by atoms with Crippen LogP contribution in [0, 0.1) is 13.8 Å². The Bertz CT molecular complexity index is 655. The number of rotatable bonds is 7. The van der Waals surface area contributed by atoms with Gasteiger partial charge in [0.1, 0.15) is 5.82 Å². The number of methoxy groups -OCH3 is 1. The minimum absolute atomic E-state index is 0.00944. The number of amides is 1. The smallest absolute Gasteiger partial charge is 0.230 e. The lowest BCUT2D eigenvalue weighted by Crippen LogP contribution is -2.36. The molecule has 1 heterocycles. The molecule has 0 saturated heterocycles. The molecule has 0 aliphatic carbocycles. The van der Waals surface area contributed by atoms with E-state index in [-0.39, 0.29) is 17.7 Å². The lowest BCUT2D eigenvalue weighted by Gasteiger charge is -2.12. The number of nitrogens with one attached hydrogen (secondary N) is 1. The molecule has 0 bridgehead atoms. The number of aromatic nitrogens is 3. The zero-order valence-corrected chi connectivity index (χ0v) is 14.7. The lowest BCUT2D eigenvalue weighted by atomic mass is 10.2. The molecule has 23 heavy (non-hydrogen) atoms. The highest BCUT2D eigenvalue weighted by Crippen LogP contribution is 2.21. The summed E-state index contributed by atoms with van der Waals surface area (Å²) >= 11 is 1.37. The Balaban J connectivity index is 2.04. The number of carbonyl (C=O) groups excluding carboxylic acids is 1. The first kappa shape index (κ1) is 17.5. The van der Waals surface area contributed by atoms with E-state index in [4.69, 9.17) is 4.74 Å². The molecule has 0 aliphatic rings. The molecule has 6 nitrogen and oxygen atoms in total. The predicted molar refractivity (Wildman–Crippen MR) is 91.0 cm³/mol. The summed E-state index contributed by atoms with van der Waals surface area (Å²) in [5, 5.41) is 11.9. The molecule has 124 valence electrons. The van der Waals surface area contributed by atoms with Gasteiger partial charge < -0.3 is 10.1 Å². The summed E-state index contributed by atoms with van der Waals surface area (Å²) in [6, 6.07) is 8.13. The summed E-state index contributed by atoms with van der Waals surface area (Å²) in [7, 11) is 1.62. The molecule has 0 fully saturated rings. The van der Waals surface area contributed by atoms with E-state index in [9.17, 15) is 4.79 Å². The van der Waals surface area contributed by atoms with E-state index in [1.54, 1.807) is 7.11 Å². The average molecular weight is 334 g/mol. The zero-order valence-electron chi connectivity index (χ0n) is 13.9. The summed E-state index contributed by atoms with van der Waals surface area (Å²) in [4.78, 5) is 12.0. The third-order valence-electron chi connectivity index (χ3n) is 3.24. The van der Waals surface area contributed by atoms with Crippen molar-refractivity contribution in [1.82, 2.24) is 20.1 Å². The number of carbonyl (C=O) groups is 1. The van der Waals surface area contributed by atoms with E-state index in [1.807, 2.05) is 49.6 Å². The molecule has 1 aromatic carbocycles. The maximum Gasteiger partial charge on any atom is 0.230 e. The molecule has 0 unspecified atom stereocenters. The van der Waals surface area contributed by atoms with Crippen molar-refractivity contribution in [1.29, 1.82) is 0 Å². The van der Waals surface area contributed by atoms with Crippen molar-refractivity contribution >= 4 is 17.7 Å². The third kappa shape index (κ3) is 4.80. The van der Waals surface area contributed by atoms with Crippen LogP contribution in [0.5, 0.6) is 0 Å². The molecular formula is C16H22N4O2S. The molecule has 2 rings (SSSR count). The number of nitrogens with zero attached hydrogens (tertiary/aromatic N) is 3. The van der Waals surface area contributed by atoms with Crippen LogP contribution in [0.25, 0.3) is 5.69 Å². The number of thioether (sulfide) groups is 1. The normalized spacial score (nSPS) is 12.2. The first-order valence-corrected chi connectivity index (χ1v) is 8.40. The van der Waals surface area contributed by atoms with Gasteiger partial charge in [-0.1, -0.05) is 29.5 Å². The highest BCUT2D eigenvalue weighted by Gasteiger charge is 2.14. The van der Waals surface area contributed by atoms with Gasteiger partial charge in [-0.25, -0.2) is 0 Å². The van der Waals surface area contributed by atoms with Gasteiger partial charge in [-0.3, -0.25) is 9.36 Å². The van der Waals surface area contributed by atoms with Gasteiger partial charge in [0.05, 0.1) is 12.4 Å². The van der Waals surface area contributed by atoms with Crippen molar-refractivity contribution < 1.29 is 9.53 Å². The zero-order chi connectivity index (χ0) is 16.8. The Kier molecular flexibility index (Phi) is 6.18. The standard InChI is InChI=1S/C16H22N4O2S/c1-11-5-7-14(8-6-11)20-13(3)18-19-16(20)23-10-15(21)17-12(2)9-22-4/h5-8,12H,9-10H2,1-4H3,(H,17,21)/t12-/m1/s1. The highest BCUT2D eigenvalue weighted by atomic mass is 32.2. The van der Waals surface area contributed by atoms with Crippen LogP contribution in [0.15, 0.2) is 29.4 Å². The monoisotopic (exact) mass is 334 g/mol. The fourth-order valence-corrected chi connectivity index (χ4v) is 2.97. The number of hydrogen-bond donors (Lipinski definition) is 1. The van der Waals surface area contributed by atoms with Crippen LogP contribution in [-0.2, 0) is 9.53 Å². The maximum absolute atomic E-state index is 12.0. The molecule has 1 aromatic heterocycles. The van der Waals surface area contributed by atoms with E-state index in [1.165, 1.54) is 17.3 Å². The average Bonchev–Trinajstić information content (AvgIpc) is 2.87. The molecule has 0 saturated carbocycles. The Labute approximate surface area is 140 Å². The molecule has 1 atom stereocenters. The second kappa shape index (κ2) is 8.12. The fraction of sp³-hybridized carbons (Fsp3) is 0.438. The van der Waals surface area contributed by atoms with Gasteiger partial charge in [-0.2, -0.15) is 0 Å². The summed E-state index contributed by atoms with van der Waals surface area (Å²) in [6.45, 7) is 6.35. The molecule has 1 N–H and O–H groups in total. The van der Waals surface area contributed by atoms with Gasteiger partial charge in [0.2, 0.25) is 5.91 Å². The van der Waals surface area contributed by atoms with Gasteiger partial charge in [-0.05, 0) is 32.9 Å². The molecule has 1 amide bonds. The first-order chi connectivity index (χ1) is 11.0. The van der Waals surface area contributed by atoms with Crippen LogP contribution in [0.1, 0.15) is 18.3 Å². The van der Waals surface area contributed by atoms with Gasteiger partial charge in [0, 0.05) is 18.8 Å². The quantitative estimate of drug-likeness (QED) is 0.786. The molecule has 7 heteroatoms. The minimum atomic E-state index is -0.0457. The number of aryl methyl sites for hydroxylation is 2. The highest BCUT2D eigenvalue weighted by molar-refractivity contribution is 7.99. The van der Waals surface area contributed by atoms with Crippen molar-refractivity contribution in [3.8, 4) is 5.69 Å².